The fourth-order valence-corrected chi connectivity index (χ4v) is 3.04. The molecule has 1 aromatic rings. The number of aromatic nitrogens is 2. The first kappa shape index (κ1) is 14.3. The monoisotopic (exact) mass is 281 g/mol. The Morgan fingerprint density at radius 2 is 2.16 bits per heavy atom. The Kier molecular flexibility index (Phi) is 4.42. The number of hydrogen-bond acceptors (Lipinski definition) is 5. The van der Waals surface area contributed by atoms with E-state index in [9.17, 15) is 9.90 Å². The number of rotatable bonds is 2. The molecule has 1 atom stereocenters. The van der Waals surface area contributed by atoms with E-state index in [0.29, 0.717) is 30.2 Å². The molecule has 2 heterocycles. The minimum atomic E-state index is -0.415. The largest absolute Gasteiger partial charge is 0.391 e. The summed E-state index contributed by atoms with van der Waals surface area (Å²) in [6.45, 7) is 4.75. The van der Waals surface area contributed by atoms with Gasteiger partial charge in [0.1, 0.15) is 10.9 Å². The molecule has 5 nitrogen and oxygen atoms in total. The van der Waals surface area contributed by atoms with E-state index in [1.54, 1.807) is 4.90 Å². The highest BCUT2D eigenvalue weighted by atomic mass is 32.2. The van der Waals surface area contributed by atoms with Gasteiger partial charge in [-0.2, -0.15) is 0 Å². The maximum Gasteiger partial charge on any atom is 0.258 e. The van der Waals surface area contributed by atoms with Gasteiger partial charge < -0.3 is 10.0 Å². The number of carbonyl (C=O) groups excluding carboxylic acids is 1. The SMILES string of the molecule is CSc1nc(C)nc(C)c1C(=O)N1CCC[C@H](O)C1. The molecule has 0 aliphatic carbocycles. The maximum absolute atomic E-state index is 12.6. The zero-order chi connectivity index (χ0) is 14.0. The predicted molar refractivity (Wildman–Crippen MR) is 74.4 cm³/mol. The van der Waals surface area contributed by atoms with Crippen molar-refractivity contribution in [3.05, 3.63) is 17.1 Å². The predicted octanol–water partition coefficient (Wildman–Crippen LogP) is 1.41. The molecule has 0 bridgehead atoms. The second-order valence-corrected chi connectivity index (χ2v) is 5.58. The zero-order valence-electron chi connectivity index (χ0n) is 11.5. The van der Waals surface area contributed by atoms with Crippen LogP contribution < -0.4 is 0 Å². The molecule has 1 aromatic heterocycles. The molecule has 1 aliphatic rings. The average Bonchev–Trinajstić information content (AvgIpc) is 2.37. The standard InChI is InChI=1S/C13H19N3O2S/c1-8-11(12(19-3)15-9(2)14-8)13(18)16-6-4-5-10(17)7-16/h10,17H,4-7H2,1-3H3/t10-/m0/s1. The molecule has 2 rings (SSSR count). The molecule has 19 heavy (non-hydrogen) atoms. The topological polar surface area (TPSA) is 66.3 Å². The summed E-state index contributed by atoms with van der Waals surface area (Å²) in [5.74, 6) is 0.609. The Balaban J connectivity index is 2.32. The summed E-state index contributed by atoms with van der Waals surface area (Å²) in [6, 6.07) is 0. The van der Waals surface area contributed by atoms with Crippen LogP contribution in [-0.2, 0) is 0 Å². The lowest BCUT2D eigenvalue weighted by molar-refractivity contribution is 0.0469. The van der Waals surface area contributed by atoms with Crippen LogP contribution in [0.1, 0.15) is 34.7 Å². The fourth-order valence-electron chi connectivity index (χ4n) is 2.37. The first-order valence-corrected chi connectivity index (χ1v) is 7.62. The molecule has 1 aliphatic heterocycles. The Hall–Kier alpha value is -1.14. The number of thioether (sulfide) groups is 1. The number of β-amino-alcohol motifs (C(OH)–C–C–N with tert-alkyl or cyclic N) is 1. The van der Waals surface area contributed by atoms with Gasteiger partial charge in [0.2, 0.25) is 0 Å². The number of carbonyl (C=O) groups is 1. The van der Waals surface area contributed by atoms with Gasteiger partial charge in [-0.3, -0.25) is 4.79 Å². The van der Waals surface area contributed by atoms with E-state index in [0.717, 1.165) is 17.9 Å². The van der Waals surface area contributed by atoms with Crippen molar-refractivity contribution >= 4 is 17.7 Å². The molecule has 104 valence electrons. The summed E-state index contributed by atoms with van der Waals surface area (Å²) < 4.78 is 0. The highest BCUT2D eigenvalue weighted by Crippen LogP contribution is 2.23. The third-order valence-corrected chi connectivity index (χ3v) is 3.94. The molecule has 1 fully saturated rings. The number of aliphatic hydroxyl groups excluding tert-OH is 1. The van der Waals surface area contributed by atoms with E-state index in [2.05, 4.69) is 9.97 Å². The average molecular weight is 281 g/mol. The van der Waals surface area contributed by atoms with E-state index in [4.69, 9.17) is 0 Å². The van der Waals surface area contributed by atoms with E-state index < -0.39 is 6.10 Å². The van der Waals surface area contributed by atoms with Gasteiger partial charge in [-0.1, -0.05) is 0 Å². The normalized spacial score (nSPS) is 19.6. The van der Waals surface area contributed by atoms with E-state index in [-0.39, 0.29) is 5.91 Å². The highest BCUT2D eigenvalue weighted by Gasteiger charge is 2.27. The van der Waals surface area contributed by atoms with Crippen molar-refractivity contribution < 1.29 is 9.90 Å². The van der Waals surface area contributed by atoms with Gasteiger partial charge in [0.15, 0.2) is 0 Å². The third-order valence-electron chi connectivity index (χ3n) is 3.26. The number of hydrogen-bond donors (Lipinski definition) is 1. The lowest BCUT2D eigenvalue weighted by Gasteiger charge is -2.30. The lowest BCUT2D eigenvalue weighted by Crippen LogP contribution is -2.42. The van der Waals surface area contributed by atoms with Crippen LogP contribution in [-0.4, -0.2) is 51.3 Å². The zero-order valence-corrected chi connectivity index (χ0v) is 12.3. The van der Waals surface area contributed by atoms with Crippen molar-refractivity contribution in [3.63, 3.8) is 0 Å². The minimum Gasteiger partial charge on any atom is -0.391 e. The summed E-state index contributed by atoms with van der Waals surface area (Å²) in [4.78, 5) is 22.9. The lowest BCUT2D eigenvalue weighted by atomic mass is 10.1. The fraction of sp³-hybridized carbons (Fsp3) is 0.615. The molecule has 1 saturated heterocycles. The van der Waals surface area contributed by atoms with Crippen LogP contribution in [0, 0.1) is 13.8 Å². The first-order valence-electron chi connectivity index (χ1n) is 6.39. The molecular weight excluding hydrogens is 262 g/mol. The second-order valence-electron chi connectivity index (χ2n) is 4.79. The van der Waals surface area contributed by atoms with Crippen LogP contribution in [0.25, 0.3) is 0 Å². The van der Waals surface area contributed by atoms with E-state index in [1.165, 1.54) is 11.8 Å². The number of likely N-dealkylation sites (tertiary alicyclic amines) is 1. The minimum absolute atomic E-state index is 0.0689. The molecule has 6 heteroatoms. The number of aryl methyl sites for hydroxylation is 2. The van der Waals surface area contributed by atoms with Crippen LogP contribution in [0.15, 0.2) is 5.03 Å². The van der Waals surface area contributed by atoms with Crippen molar-refractivity contribution in [2.75, 3.05) is 19.3 Å². The summed E-state index contributed by atoms with van der Waals surface area (Å²) in [5.41, 5.74) is 1.29. The number of piperidine rings is 1. The third kappa shape index (κ3) is 3.06. The van der Waals surface area contributed by atoms with Crippen molar-refractivity contribution in [1.29, 1.82) is 0 Å². The van der Waals surface area contributed by atoms with Crippen LogP contribution in [0.2, 0.25) is 0 Å². The smallest absolute Gasteiger partial charge is 0.258 e. The van der Waals surface area contributed by atoms with Crippen LogP contribution >= 0.6 is 11.8 Å². The second kappa shape index (κ2) is 5.88. The summed E-state index contributed by atoms with van der Waals surface area (Å²) in [6.07, 6.45) is 3.10. The molecule has 0 radical (unpaired) electrons. The number of amides is 1. The molecule has 0 unspecified atom stereocenters. The molecule has 1 amide bonds. The first-order chi connectivity index (χ1) is 9.02. The van der Waals surface area contributed by atoms with Crippen molar-refractivity contribution in [2.24, 2.45) is 0 Å². The Bertz CT molecular complexity index is 493. The van der Waals surface area contributed by atoms with Gasteiger partial charge in [0.05, 0.1) is 17.4 Å². The molecule has 0 aromatic carbocycles. The molecular formula is C13H19N3O2S. The van der Waals surface area contributed by atoms with Crippen molar-refractivity contribution in [1.82, 2.24) is 14.9 Å². The Morgan fingerprint density at radius 3 is 2.79 bits per heavy atom. The van der Waals surface area contributed by atoms with Crippen LogP contribution in [0.4, 0.5) is 0 Å². The van der Waals surface area contributed by atoms with Gasteiger partial charge in [0.25, 0.3) is 5.91 Å². The van der Waals surface area contributed by atoms with Crippen molar-refractivity contribution in [3.8, 4) is 0 Å². The van der Waals surface area contributed by atoms with Gasteiger partial charge in [-0.15, -0.1) is 11.8 Å². The van der Waals surface area contributed by atoms with E-state index >= 15 is 0 Å². The quantitative estimate of drug-likeness (QED) is 0.656. The maximum atomic E-state index is 12.6. The Morgan fingerprint density at radius 1 is 1.42 bits per heavy atom. The van der Waals surface area contributed by atoms with E-state index in [1.807, 2.05) is 20.1 Å². The summed E-state index contributed by atoms with van der Waals surface area (Å²) >= 11 is 1.46. The Labute approximate surface area is 117 Å². The van der Waals surface area contributed by atoms with Gasteiger partial charge in [0, 0.05) is 13.1 Å². The molecule has 0 spiro atoms. The van der Waals surface area contributed by atoms with Gasteiger partial charge >= 0.3 is 0 Å². The number of nitrogens with zero attached hydrogens (tertiary/aromatic N) is 3. The summed E-state index contributed by atoms with van der Waals surface area (Å²) in [7, 11) is 0. The van der Waals surface area contributed by atoms with Crippen molar-refractivity contribution in [2.45, 2.75) is 37.8 Å². The van der Waals surface area contributed by atoms with Crippen LogP contribution in [0.5, 0.6) is 0 Å². The molecule has 1 N–H and O–H groups in total. The summed E-state index contributed by atoms with van der Waals surface area (Å²) in [5, 5.41) is 10.4. The van der Waals surface area contributed by atoms with Gasteiger partial charge in [-0.05, 0) is 32.9 Å². The number of aliphatic hydroxyl groups is 1. The highest BCUT2D eigenvalue weighted by molar-refractivity contribution is 7.98. The molecule has 0 saturated carbocycles. The van der Waals surface area contributed by atoms with Gasteiger partial charge in [-0.25, -0.2) is 9.97 Å². The van der Waals surface area contributed by atoms with Crippen LogP contribution in [0.3, 0.4) is 0 Å².